The van der Waals surface area contributed by atoms with Gasteiger partial charge in [-0.05, 0) is 50.1 Å². The quantitative estimate of drug-likeness (QED) is 0.484. The highest BCUT2D eigenvalue weighted by Crippen LogP contribution is 2.24. The van der Waals surface area contributed by atoms with Gasteiger partial charge in [0.25, 0.3) is 0 Å². The van der Waals surface area contributed by atoms with E-state index in [1.807, 2.05) is 0 Å². The maximum absolute atomic E-state index is 14.1. The van der Waals surface area contributed by atoms with E-state index in [1.165, 1.54) is 34.6 Å². The molecule has 2 heterocycles. The van der Waals surface area contributed by atoms with Crippen molar-refractivity contribution in [3.05, 3.63) is 58.3 Å². The highest BCUT2D eigenvalue weighted by atomic mass is 32.2. The van der Waals surface area contributed by atoms with Crippen LogP contribution < -0.4 is 10.5 Å². The number of hydrogen-bond acceptors (Lipinski definition) is 6. The average molecular weight is 477 g/mol. The summed E-state index contributed by atoms with van der Waals surface area (Å²) in [7, 11) is -3.72. The van der Waals surface area contributed by atoms with Crippen LogP contribution in [0.15, 0.2) is 50.5 Å². The van der Waals surface area contributed by atoms with Crippen molar-refractivity contribution in [1.82, 2.24) is 8.87 Å². The predicted molar refractivity (Wildman–Crippen MR) is 120 cm³/mol. The van der Waals surface area contributed by atoms with E-state index in [9.17, 15) is 22.4 Å². The molecule has 2 aromatic carbocycles. The number of ether oxygens (including phenoxy) is 1. The molecule has 0 spiro atoms. The highest BCUT2D eigenvalue weighted by Gasteiger charge is 2.26. The number of carbonyl (C=O) groups is 1. The number of aromatic nitrogens is 1. The van der Waals surface area contributed by atoms with Gasteiger partial charge in [0.1, 0.15) is 0 Å². The van der Waals surface area contributed by atoms with E-state index < -0.39 is 27.4 Å². The van der Waals surface area contributed by atoms with Crippen molar-refractivity contribution in [2.24, 2.45) is 0 Å². The SMILES string of the molecule is CCOc1ccc(C(=O)Cn2c(=O)oc3cc(S(=O)(=O)N4CCCCCC4)ccc32)cc1F. The Morgan fingerprint density at radius 1 is 1.09 bits per heavy atom. The van der Waals surface area contributed by atoms with Gasteiger partial charge in [-0.25, -0.2) is 17.6 Å². The molecule has 8 nitrogen and oxygen atoms in total. The molecule has 0 unspecified atom stereocenters. The third-order valence-corrected chi connectivity index (χ3v) is 7.59. The number of benzene rings is 2. The Kier molecular flexibility index (Phi) is 6.66. The molecule has 0 atom stereocenters. The van der Waals surface area contributed by atoms with Crippen molar-refractivity contribution in [2.75, 3.05) is 19.7 Å². The topological polar surface area (TPSA) is 98.8 Å². The number of carbonyl (C=O) groups excluding carboxylic acids is 1. The standard InChI is InChI=1S/C23H25FN2O6S/c1-2-31-21-10-7-16(13-18(21)24)20(27)15-26-19-9-8-17(14-22(19)32-23(26)28)33(29,30)25-11-5-3-4-6-12-25/h7-10,13-14H,2-6,11-12,15H2,1H3. The van der Waals surface area contributed by atoms with Gasteiger partial charge in [0.2, 0.25) is 10.0 Å². The van der Waals surface area contributed by atoms with Crippen molar-refractivity contribution < 1.29 is 26.8 Å². The first kappa shape index (κ1) is 23.2. The number of halogens is 1. The molecule has 0 amide bonds. The summed E-state index contributed by atoms with van der Waals surface area (Å²) < 4.78 is 53.1. The number of oxazole rings is 1. The lowest BCUT2D eigenvalue weighted by molar-refractivity contribution is 0.0970. The number of sulfonamides is 1. The van der Waals surface area contributed by atoms with Crippen LogP contribution in [0.3, 0.4) is 0 Å². The average Bonchev–Trinajstić information content (AvgIpc) is 2.96. The van der Waals surface area contributed by atoms with Gasteiger partial charge in [-0.15, -0.1) is 0 Å². The number of ketones is 1. The molecule has 1 aliphatic rings. The zero-order chi connectivity index (χ0) is 23.6. The monoisotopic (exact) mass is 476 g/mol. The fraction of sp³-hybridized carbons (Fsp3) is 0.391. The van der Waals surface area contributed by atoms with Crippen LogP contribution in [-0.4, -0.2) is 42.8 Å². The van der Waals surface area contributed by atoms with Crippen LogP contribution >= 0.6 is 0 Å². The van der Waals surface area contributed by atoms with Crippen LogP contribution in [0.2, 0.25) is 0 Å². The number of hydrogen-bond donors (Lipinski definition) is 0. The second-order valence-electron chi connectivity index (χ2n) is 7.90. The van der Waals surface area contributed by atoms with Gasteiger partial charge in [-0.3, -0.25) is 9.36 Å². The molecule has 0 aliphatic carbocycles. The highest BCUT2D eigenvalue weighted by molar-refractivity contribution is 7.89. The minimum Gasteiger partial charge on any atom is -0.491 e. The number of fused-ring (bicyclic) bond motifs is 1. The summed E-state index contributed by atoms with van der Waals surface area (Å²) in [6.45, 7) is 2.55. The van der Waals surface area contributed by atoms with Crippen molar-refractivity contribution in [2.45, 2.75) is 44.0 Å². The molecule has 1 saturated heterocycles. The van der Waals surface area contributed by atoms with Gasteiger partial charge >= 0.3 is 5.76 Å². The molecule has 1 aromatic heterocycles. The van der Waals surface area contributed by atoms with Crippen molar-refractivity contribution in [3.8, 4) is 5.75 Å². The van der Waals surface area contributed by atoms with E-state index in [2.05, 4.69) is 0 Å². The molecule has 4 rings (SSSR count). The fourth-order valence-electron chi connectivity index (χ4n) is 3.97. The van der Waals surface area contributed by atoms with Crippen LogP contribution in [0, 0.1) is 5.82 Å². The minimum absolute atomic E-state index is 0.0395. The summed E-state index contributed by atoms with van der Waals surface area (Å²) in [6, 6.07) is 8.03. The summed E-state index contributed by atoms with van der Waals surface area (Å²) in [6.07, 6.45) is 3.60. The minimum atomic E-state index is -3.72. The van der Waals surface area contributed by atoms with Crippen LogP contribution in [0.25, 0.3) is 11.1 Å². The number of nitrogens with zero attached hydrogens (tertiary/aromatic N) is 2. The van der Waals surface area contributed by atoms with Crippen molar-refractivity contribution in [3.63, 3.8) is 0 Å². The number of Topliss-reactive ketones (excluding diaryl/α,β-unsaturated/α-hetero) is 1. The predicted octanol–water partition coefficient (Wildman–Crippen LogP) is 3.58. The first-order chi connectivity index (χ1) is 15.8. The Morgan fingerprint density at radius 2 is 1.82 bits per heavy atom. The zero-order valence-corrected chi connectivity index (χ0v) is 19.1. The van der Waals surface area contributed by atoms with Gasteiger partial charge in [-0.2, -0.15) is 4.31 Å². The van der Waals surface area contributed by atoms with Crippen molar-refractivity contribution >= 4 is 26.9 Å². The lowest BCUT2D eigenvalue weighted by Gasteiger charge is -2.19. The second kappa shape index (κ2) is 9.48. The lowest BCUT2D eigenvalue weighted by Crippen LogP contribution is -2.31. The molecule has 0 saturated carbocycles. The third-order valence-electron chi connectivity index (χ3n) is 5.70. The normalized spacial score (nSPS) is 15.5. The number of rotatable bonds is 7. The first-order valence-electron chi connectivity index (χ1n) is 10.9. The molecule has 0 bridgehead atoms. The Labute approximate surface area is 190 Å². The van der Waals surface area contributed by atoms with Crippen LogP contribution in [0.4, 0.5) is 4.39 Å². The van der Waals surface area contributed by atoms with Crippen LogP contribution in [0.1, 0.15) is 43.0 Å². The van der Waals surface area contributed by atoms with E-state index in [1.54, 1.807) is 6.92 Å². The van der Waals surface area contributed by atoms with E-state index in [0.717, 1.165) is 36.3 Å². The first-order valence-corrected chi connectivity index (χ1v) is 12.3. The van der Waals surface area contributed by atoms with E-state index in [-0.39, 0.29) is 40.5 Å². The Hall–Kier alpha value is -2.98. The summed E-state index contributed by atoms with van der Waals surface area (Å²) in [5.41, 5.74) is 0.439. The molecule has 1 aliphatic heterocycles. The Morgan fingerprint density at radius 3 is 2.48 bits per heavy atom. The maximum atomic E-state index is 14.1. The van der Waals surface area contributed by atoms with Gasteiger partial charge < -0.3 is 9.15 Å². The second-order valence-corrected chi connectivity index (χ2v) is 9.84. The third kappa shape index (κ3) is 4.72. The maximum Gasteiger partial charge on any atom is 0.420 e. The molecule has 0 N–H and O–H groups in total. The Balaban J connectivity index is 1.61. The van der Waals surface area contributed by atoms with E-state index in [4.69, 9.17) is 9.15 Å². The largest absolute Gasteiger partial charge is 0.491 e. The molecular weight excluding hydrogens is 451 g/mol. The molecule has 0 radical (unpaired) electrons. The Bertz CT molecular complexity index is 1340. The molecule has 33 heavy (non-hydrogen) atoms. The fourth-order valence-corrected chi connectivity index (χ4v) is 5.50. The van der Waals surface area contributed by atoms with Crippen LogP contribution in [0.5, 0.6) is 5.75 Å². The van der Waals surface area contributed by atoms with Crippen molar-refractivity contribution in [1.29, 1.82) is 0 Å². The smallest absolute Gasteiger partial charge is 0.420 e. The van der Waals surface area contributed by atoms with Gasteiger partial charge in [0.05, 0.1) is 23.6 Å². The van der Waals surface area contributed by atoms with Gasteiger partial charge in [0, 0.05) is 24.7 Å². The van der Waals surface area contributed by atoms with E-state index in [0.29, 0.717) is 13.1 Å². The van der Waals surface area contributed by atoms with Crippen LogP contribution in [-0.2, 0) is 16.6 Å². The summed E-state index contributed by atoms with van der Waals surface area (Å²) >= 11 is 0. The summed E-state index contributed by atoms with van der Waals surface area (Å²) in [4.78, 5) is 25.1. The zero-order valence-electron chi connectivity index (χ0n) is 18.3. The molecule has 10 heteroatoms. The molecule has 1 fully saturated rings. The summed E-state index contributed by atoms with van der Waals surface area (Å²) in [5.74, 6) is -1.93. The van der Waals surface area contributed by atoms with Gasteiger partial charge in [-0.1, -0.05) is 12.8 Å². The summed E-state index contributed by atoms with van der Waals surface area (Å²) in [5, 5.41) is 0. The van der Waals surface area contributed by atoms with Gasteiger partial charge in [0.15, 0.2) is 22.9 Å². The molecule has 3 aromatic rings. The molecular formula is C23H25FN2O6S. The molecule has 176 valence electrons. The lowest BCUT2D eigenvalue weighted by atomic mass is 10.1. The van der Waals surface area contributed by atoms with E-state index >= 15 is 0 Å².